The Hall–Kier alpha value is -3.37. The molecule has 3 aromatic rings. The van der Waals surface area contributed by atoms with Gasteiger partial charge in [0, 0.05) is 38.1 Å². The van der Waals surface area contributed by atoms with E-state index >= 15 is 0 Å². The predicted octanol–water partition coefficient (Wildman–Crippen LogP) is 2.27. The van der Waals surface area contributed by atoms with Gasteiger partial charge >= 0.3 is 0 Å². The van der Waals surface area contributed by atoms with Crippen LogP contribution in [0.3, 0.4) is 0 Å². The van der Waals surface area contributed by atoms with Crippen molar-refractivity contribution in [1.82, 2.24) is 20.0 Å². The first-order valence-corrected chi connectivity index (χ1v) is 9.33. The van der Waals surface area contributed by atoms with Crippen molar-refractivity contribution in [2.45, 2.75) is 0 Å². The van der Waals surface area contributed by atoms with Crippen LogP contribution in [0.1, 0.15) is 16.1 Å². The summed E-state index contributed by atoms with van der Waals surface area (Å²) in [6.07, 6.45) is 0. The number of aromatic amines is 1. The van der Waals surface area contributed by atoms with Crippen molar-refractivity contribution in [2.24, 2.45) is 0 Å². The van der Waals surface area contributed by atoms with Crippen LogP contribution >= 0.6 is 0 Å². The summed E-state index contributed by atoms with van der Waals surface area (Å²) in [4.78, 5) is 16.9. The highest BCUT2D eigenvalue weighted by atomic mass is 16.5. The smallest absolute Gasteiger partial charge is 0.275 e. The molecule has 28 heavy (non-hydrogen) atoms. The van der Waals surface area contributed by atoms with E-state index in [9.17, 15) is 4.79 Å². The molecule has 1 aliphatic heterocycles. The lowest BCUT2D eigenvalue weighted by molar-refractivity contribution is 0.0616. The molecular formula is C21H21N5O2. The van der Waals surface area contributed by atoms with Gasteiger partial charge in [-0.15, -0.1) is 0 Å². The summed E-state index contributed by atoms with van der Waals surface area (Å²) < 4.78 is 5.75. The number of rotatable bonds is 5. The third-order valence-electron chi connectivity index (χ3n) is 5.01. The van der Waals surface area contributed by atoms with Crippen LogP contribution in [0.25, 0.3) is 10.9 Å². The first-order valence-electron chi connectivity index (χ1n) is 9.33. The summed E-state index contributed by atoms with van der Waals surface area (Å²) in [5.74, 6) is 0.584. The van der Waals surface area contributed by atoms with Gasteiger partial charge in [0.25, 0.3) is 5.91 Å². The van der Waals surface area contributed by atoms with Crippen molar-refractivity contribution in [2.75, 3.05) is 39.3 Å². The minimum atomic E-state index is -0.0312. The number of fused-ring (bicyclic) bond motifs is 1. The van der Waals surface area contributed by atoms with Gasteiger partial charge in [0.15, 0.2) is 5.69 Å². The normalized spacial score (nSPS) is 14.8. The van der Waals surface area contributed by atoms with Gasteiger partial charge in [0.05, 0.1) is 11.1 Å². The van der Waals surface area contributed by atoms with E-state index in [2.05, 4.69) is 21.2 Å². The number of nitriles is 1. The highest BCUT2D eigenvalue weighted by Crippen LogP contribution is 2.18. The number of hydrogen-bond acceptors (Lipinski definition) is 5. The maximum atomic E-state index is 12.8. The number of piperazine rings is 1. The highest BCUT2D eigenvalue weighted by molar-refractivity contribution is 6.04. The number of hydrogen-bond donors (Lipinski definition) is 1. The van der Waals surface area contributed by atoms with Crippen LogP contribution in [0.5, 0.6) is 5.75 Å². The topological polar surface area (TPSA) is 85.2 Å². The van der Waals surface area contributed by atoms with E-state index in [1.165, 1.54) is 0 Å². The first-order chi connectivity index (χ1) is 13.8. The van der Waals surface area contributed by atoms with Crippen LogP contribution in [0, 0.1) is 11.3 Å². The summed E-state index contributed by atoms with van der Waals surface area (Å²) >= 11 is 0. The Morgan fingerprint density at radius 1 is 1.11 bits per heavy atom. The molecule has 0 bridgehead atoms. The minimum Gasteiger partial charge on any atom is -0.491 e. The number of carbonyl (C=O) groups is 1. The van der Waals surface area contributed by atoms with Crippen molar-refractivity contribution < 1.29 is 9.53 Å². The number of ether oxygens (including phenoxy) is 1. The zero-order valence-electron chi connectivity index (χ0n) is 15.5. The first kappa shape index (κ1) is 18.0. The second-order valence-electron chi connectivity index (χ2n) is 6.71. The molecule has 1 saturated heterocycles. The molecule has 1 amide bonds. The molecule has 0 spiro atoms. The fraction of sp³-hybridized carbons (Fsp3) is 0.286. The summed E-state index contributed by atoms with van der Waals surface area (Å²) in [6, 6.07) is 17.0. The average Bonchev–Trinajstić information content (AvgIpc) is 3.18. The zero-order chi connectivity index (χ0) is 19.3. The van der Waals surface area contributed by atoms with Gasteiger partial charge in [-0.1, -0.05) is 30.3 Å². The van der Waals surface area contributed by atoms with Crippen molar-refractivity contribution in [3.63, 3.8) is 0 Å². The maximum Gasteiger partial charge on any atom is 0.275 e. The minimum absolute atomic E-state index is 0.0312. The molecule has 0 aliphatic carbocycles. The number of amides is 1. The lowest BCUT2D eigenvalue weighted by Crippen LogP contribution is -2.49. The molecule has 2 heterocycles. The Bertz CT molecular complexity index is 1010. The Balaban J connectivity index is 1.29. The number of aromatic nitrogens is 2. The highest BCUT2D eigenvalue weighted by Gasteiger charge is 2.25. The molecule has 2 aromatic carbocycles. The molecule has 1 fully saturated rings. The van der Waals surface area contributed by atoms with Crippen molar-refractivity contribution in [3.8, 4) is 11.8 Å². The second-order valence-corrected chi connectivity index (χ2v) is 6.71. The molecule has 1 aliphatic rings. The van der Waals surface area contributed by atoms with Gasteiger partial charge in [-0.25, -0.2) is 0 Å². The molecule has 142 valence electrons. The Morgan fingerprint density at radius 2 is 1.86 bits per heavy atom. The third-order valence-corrected chi connectivity index (χ3v) is 5.01. The quantitative estimate of drug-likeness (QED) is 0.739. The summed E-state index contributed by atoms with van der Waals surface area (Å²) in [5, 5.41) is 17.1. The van der Waals surface area contributed by atoms with E-state index < -0.39 is 0 Å². The van der Waals surface area contributed by atoms with E-state index in [-0.39, 0.29) is 5.91 Å². The molecule has 0 radical (unpaired) electrons. The molecule has 1 N–H and O–H groups in total. The maximum absolute atomic E-state index is 12.8. The van der Waals surface area contributed by atoms with Gasteiger partial charge < -0.3 is 9.64 Å². The number of nitrogens with one attached hydrogen (secondary N) is 1. The van der Waals surface area contributed by atoms with Crippen molar-refractivity contribution in [1.29, 1.82) is 5.26 Å². The van der Waals surface area contributed by atoms with Crippen LogP contribution in [-0.2, 0) is 0 Å². The molecular weight excluding hydrogens is 354 g/mol. The molecule has 7 heteroatoms. The summed E-state index contributed by atoms with van der Waals surface area (Å²) in [5.41, 5.74) is 1.91. The molecule has 7 nitrogen and oxygen atoms in total. The molecule has 0 saturated carbocycles. The number of nitrogens with zero attached hydrogens (tertiary/aromatic N) is 4. The van der Waals surface area contributed by atoms with E-state index in [1.54, 1.807) is 6.07 Å². The van der Waals surface area contributed by atoms with E-state index in [4.69, 9.17) is 10.00 Å². The lowest BCUT2D eigenvalue weighted by Gasteiger charge is -2.34. The summed E-state index contributed by atoms with van der Waals surface area (Å²) in [6.45, 7) is 4.17. The van der Waals surface area contributed by atoms with Gasteiger partial charge in [0.1, 0.15) is 18.4 Å². The van der Waals surface area contributed by atoms with E-state index in [1.807, 2.05) is 47.4 Å². The molecule has 0 atom stereocenters. The Morgan fingerprint density at radius 3 is 2.68 bits per heavy atom. The number of H-pyrrole nitrogens is 1. The summed E-state index contributed by atoms with van der Waals surface area (Å²) in [7, 11) is 0. The van der Waals surface area contributed by atoms with Gasteiger partial charge in [-0.2, -0.15) is 10.4 Å². The largest absolute Gasteiger partial charge is 0.491 e. The van der Waals surface area contributed by atoms with Gasteiger partial charge in [-0.05, 0) is 18.2 Å². The number of para-hydroxylation sites is 2. The van der Waals surface area contributed by atoms with Crippen LogP contribution in [0.2, 0.25) is 0 Å². The fourth-order valence-electron chi connectivity index (χ4n) is 3.42. The monoisotopic (exact) mass is 375 g/mol. The molecule has 1 aromatic heterocycles. The molecule has 4 rings (SSSR count). The fourth-order valence-corrected chi connectivity index (χ4v) is 3.42. The van der Waals surface area contributed by atoms with E-state index in [0.717, 1.165) is 30.5 Å². The van der Waals surface area contributed by atoms with Crippen LogP contribution in [0.15, 0.2) is 48.5 Å². The Labute approximate surface area is 163 Å². The Kier molecular flexibility index (Phi) is 5.22. The van der Waals surface area contributed by atoms with Gasteiger partial charge in [0.2, 0.25) is 0 Å². The van der Waals surface area contributed by atoms with Crippen molar-refractivity contribution in [3.05, 3.63) is 59.8 Å². The van der Waals surface area contributed by atoms with Crippen molar-refractivity contribution >= 4 is 16.8 Å². The van der Waals surface area contributed by atoms with Crippen LogP contribution in [0.4, 0.5) is 0 Å². The number of carbonyl (C=O) groups excluding carboxylic acids is 1. The van der Waals surface area contributed by atoms with Crippen LogP contribution < -0.4 is 4.74 Å². The molecule has 0 unspecified atom stereocenters. The average molecular weight is 375 g/mol. The lowest BCUT2D eigenvalue weighted by atomic mass is 10.2. The standard InChI is InChI=1S/C21H21N5O2/c22-15-16-5-1-4-8-19(16)28-14-13-25-9-11-26(12-10-25)21(27)20-17-6-2-3-7-18(17)23-24-20/h1-8H,9-14H2,(H,23,24). The zero-order valence-corrected chi connectivity index (χ0v) is 15.5. The van der Waals surface area contributed by atoms with E-state index in [0.29, 0.717) is 36.7 Å². The predicted molar refractivity (Wildman–Crippen MR) is 105 cm³/mol. The second kappa shape index (κ2) is 8.11. The third kappa shape index (κ3) is 3.68. The van der Waals surface area contributed by atoms with Gasteiger partial charge in [-0.3, -0.25) is 14.8 Å². The number of benzene rings is 2. The van der Waals surface area contributed by atoms with Crippen LogP contribution in [-0.4, -0.2) is 65.2 Å². The SMILES string of the molecule is N#Cc1ccccc1OCCN1CCN(C(=O)c2n[nH]c3ccccc23)CC1.